The molecule has 124 valence electrons. The molecular weight excluding hydrogens is 322 g/mol. The number of nitrogens with zero attached hydrogens (tertiary/aromatic N) is 3. The summed E-state index contributed by atoms with van der Waals surface area (Å²) in [5.74, 6) is 2.05. The molecular formula is C18H19N3O2S. The van der Waals surface area contributed by atoms with Crippen LogP contribution < -0.4 is 0 Å². The van der Waals surface area contributed by atoms with Gasteiger partial charge in [0.15, 0.2) is 0 Å². The molecule has 0 bridgehead atoms. The topological polar surface area (TPSA) is 43.4 Å². The first-order valence-corrected chi connectivity index (χ1v) is 9.21. The van der Waals surface area contributed by atoms with Crippen molar-refractivity contribution in [1.29, 1.82) is 0 Å². The van der Waals surface area contributed by atoms with Crippen molar-refractivity contribution in [2.45, 2.75) is 31.7 Å². The summed E-state index contributed by atoms with van der Waals surface area (Å²) in [5, 5.41) is 4.30. The Hall–Kier alpha value is -1.89. The van der Waals surface area contributed by atoms with Crippen molar-refractivity contribution < 1.29 is 9.15 Å². The number of hydrogen-bond donors (Lipinski definition) is 0. The number of hydrogen-bond acceptors (Lipinski definition) is 5. The van der Waals surface area contributed by atoms with E-state index in [0.717, 1.165) is 44.2 Å². The van der Waals surface area contributed by atoms with Crippen LogP contribution in [-0.4, -0.2) is 33.1 Å². The Morgan fingerprint density at radius 2 is 2.29 bits per heavy atom. The first-order chi connectivity index (χ1) is 11.8. The van der Waals surface area contributed by atoms with Crippen LogP contribution in [0.25, 0.3) is 11.3 Å². The van der Waals surface area contributed by atoms with Crippen LogP contribution in [0.15, 0.2) is 45.8 Å². The molecule has 3 aromatic rings. The predicted octanol–water partition coefficient (Wildman–Crippen LogP) is 3.38. The Bertz CT molecular complexity index is 825. The van der Waals surface area contributed by atoms with E-state index in [2.05, 4.69) is 31.3 Å². The van der Waals surface area contributed by atoms with Crippen molar-refractivity contribution in [1.82, 2.24) is 14.5 Å². The van der Waals surface area contributed by atoms with Crippen LogP contribution in [0.1, 0.15) is 18.0 Å². The van der Waals surface area contributed by atoms with Crippen LogP contribution in [0.3, 0.4) is 0 Å². The molecule has 0 N–H and O–H groups in total. The highest BCUT2D eigenvalue weighted by molar-refractivity contribution is 7.08. The van der Waals surface area contributed by atoms with Gasteiger partial charge in [0.1, 0.15) is 23.8 Å². The molecule has 0 radical (unpaired) electrons. The van der Waals surface area contributed by atoms with E-state index in [0.29, 0.717) is 6.61 Å². The molecule has 0 aromatic carbocycles. The van der Waals surface area contributed by atoms with Gasteiger partial charge in [0, 0.05) is 24.0 Å². The largest absolute Gasteiger partial charge is 0.468 e. The lowest BCUT2D eigenvalue weighted by Gasteiger charge is -2.35. The van der Waals surface area contributed by atoms with E-state index < -0.39 is 0 Å². The fourth-order valence-electron chi connectivity index (χ4n) is 3.83. The van der Waals surface area contributed by atoms with Crippen molar-refractivity contribution in [2.75, 3.05) is 13.1 Å². The van der Waals surface area contributed by atoms with Crippen LogP contribution in [0.5, 0.6) is 0 Å². The number of rotatable bonds is 3. The number of imidazole rings is 1. The van der Waals surface area contributed by atoms with Gasteiger partial charge in [-0.05, 0) is 30.0 Å². The first-order valence-electron chi connectivity index (χ1n) is 8.27. The van der Waals surface area contributed by atoms with E-state index in [1.165, 1.54) is 11.3 Å². The highest BCUT2D eigenvalue weighted by atomic mass is 32.1. The highest BCUT2D eigenvalue weighted by Crippen LogP contribution is 2.36. The molecule has 1 atom stereocenters. The van der Waals surface area contributed by atoms with Crippen molar-refractivity contribution in [3.05, 3.63) is 53.0 Å². The molecule has 1 unspecified atom stereocenters. The predicted molar refractivity (Wildman–Crippen MR) is 91.7 cm³/mol. The maximum atomic E-state index is 6.28. The minimum Gasteiger partial charge on any atom is -0.468 e. The second-order valence-corrected chi connectivity index (χ2v) is 7.45. The molecule has 6 heteroatoms. The second-order valence-electron chi connectivity index (χ2n) is 6.67. The van der Waals surface area contributed by atoms with Gasteiger partial charge in [0.25, 0.3) is 0 Å². The summed E-state index contributed by atoms with van der Waals surface area (Å²) in [4.78, 5) is 6.98. The van der Waals surface area contributed by atoms with Gasteiger partial charge >= 0.3 is 0 Å². The number of furan rings is 1. The van der Waals surface area contributed by atoms with E-state index in [4.69, 9.17) is 9.15 Å². The molecule has 5 heterocycles. The standard InChI is InChI=1S/C18H19N3O2S/c1-2-15(22-6-1)9-20-5-4-18(12-20)13-21-16(14-3-7-24-11-14)8-19-17(21)10-23-18/h1-3,6-8,11H,4-5,9-10,12-13H2. The van der Waals surface area contributed by atoms with Gasteiger partial charge in [-0.15, -0.1) is 0 Å². The molecule has 1 spiro atoms. The monoisotopic (exact) mass is 341 g/mol. The molecule has 24 heavy (non-hydrogen) atoms. The lowest BCUT2D eigenvalue weighted by atomic mass is 10.0. The van der Waals surface area contributed by atoms with E-state index in [-0.39, 0.29) is 5.60 Å². The lowest BCUT2D eigenvalue weighted by Crippen LogP contribution is -2.44. The average Bonchev–Trinajstić information content (AvgIpc) is 3.35. The molecule has 0 aliphatic carbocycles. The third-order valence-corrected chi connectivity index (χ3v) is 5.75. The summed E-state index contributed by atoms with van der Waals surface area (Å²) in [6.07, 6.45) is 4.77. The second kappa shape index (κ2) is 5.58. The van der Waals surface area contributed by atoms with E-state index in [1.54, 1.807) is 17.6 Å². The van der Waals surface area contributed by atoms with Crippen molar-refractivity contribution >= 4 is 11.3 Å². The average molecular weight is 341 g/mol. The van der Waals surface area contributed by atoms with Crippen LogP contribution in [-0.2, 0) is 24.4 Å². The van der Waals surface area contributed by atoms with Crippen molar-refractivity contribution in [3.63, 3.8) is 0 Å². The molecule has 3 aromatic heterocycles. The third kappa shape index (κ3) is 2.42. The Kier molecular flexibility index (Phi) is 3.36. The van der Waals surface area contributed by atoms with Crippen LogP contribution in [0.2, 0.25) is 0 Å². The summed E-state index contributed by atoms with van der Waals surface area (Å²) in [7, 11) is 0. The molecule has 5 rings (SSSR count). The lowest BCUT2D eigenvalue weighted by molar-refractivity contribution is -0.0823. The molecule has 2 aliphatic rings. The smallest absolute Gasteiger partial charge is 0.135 e. The van der Waals surface area contributed by atoms with E-state index in [1.807, 2.05) is 18.3 Å². The summed E-state index contributed by atoms with van der Waals surface area (Å²) >= 11 is 1.72. The summed E-state index contributed by atoms with van der Waals surface area (Å²) < 4.78 is 14.1. The maximum Gasteiger partial charge on any atom is 0.135 e. The zero-order valence-electron chi connectivity index (χ0n) is 13.4. The van der Waals surface area contributed by atoms with Crippen LogP contribution >= 0.6 is 11.3 Å². The quantitative estimate of drug-likeness (QED) is 0.732. The van der Waals surface area contributed by atoms with Gasteiger partial charge in [0.2, 0.25) is 0 Å². The fourth-order valence-corrected chi connectivity index (χ4v) is 4.48. The highest BCUT2D eigenvalue weighted by Gasteiger charge is 2.43. The zero-order valence-corrected chi connectivity index (χ0v) is 14.2. The number of thiophene rings is 1. The Morgan fingerprint density at radius 1 is 1.29 bits per heavy atom. The van der Waals surface area contributed by atoms with Gasteiger partial charge in [-0.3, -0.25) is 4.90 Å². The molecule has 1 fully saturated rings. The molecule has 1 saturated heterocycles. The van der Waals surface area contributed by atoms with Gasteiger partial charge < -0.3 is 13.7 Å². The van der Waals surface area contributed by atoms with Gasteiger partial charge in [-0.2, -0.15) is 11.3 Å². The molecule has 2 aliphatic heterocycles. The van der Waals surface area contributed by atoms with Crippen LogP contribution in [0, 0.1) is 0 Å². The minimum absolute atomic E-state index is 0.106. The maximum absolute atomic E-state index is 6.28. The number of fused-ring (bicyclic) bond motifs is 1. The molecule has 5 nitrogen and oxygen atoms in total. The zero-order chi connectivity index (χ0) is 16.0. The number of aromatic nitrogens is 2. The van der Waals surface area contributed by atoms with Gasteiger partial charge in [-0.25, -0.2) is 4.98 Å². The fraction of sp³-hybridized carbons (Fsp3) is 0.389. The third-order valence-electron chi connectivity index (χ3n) is 5.06. The molecule has 0 saturated carbocycles. The Labute approximate surface area is 144 Å². The van der Waals surface area contributed by atoms with Gasteiger partial charge in [0.05, 0.1) is 31.2 Å². The van der Waals surface area contributed by atoms with Crippen LogP contribution in [0.4, 0.5) is 0 Å². The van der Waals surface area contributed by atoms with Crippen molar-refractivity contribution in [3.8, 4) is 11.3 Å². The van der Waals surface area contributed by atoms with Gasteiger partial charge in [-0.1, -0.05) is 0 Å². The first kappa shape index (κ1) is 14.5. The SMILES string of the molecule is c1coc(CN2CCC3(C2)Cn2c(-c4ccsc4)cnc2CO3)c1. The number of ether oxygens (including phenoxy) is 1. The summed E-state index contributed by atoms with van der Waals surface area (Å²) in [5.41, 5.74) is 2.35. The Balaban J connectivity index is 1.38. The number of likely N-dealkylation sites (tertiary alicyclic amines) is 1. The minimum atomic E-state index is -0.106. The van der Waals surface area contributed by atoms with Crippen molar-refractivity contribution in [2.24, 2.45) is 0 Å². The summed E-state index contributed by atoms with van der Waals surface area (Å²) in [6.45, 7) is 4.31. The van der Waals surface area contributed by atoms with E-state index in [9.17, 15) is 0 Å². The summed E-state index contributed by atoms with van der Waals surface area (Å²) in [6, 6.07) is 6.15. The Morgan fingerprint density at radius 3 is 3.12 bits per heavy atom. The normalized spacial score (nSPS) is 23.8. The molecule has 0 amide bonds. The van der Waals surface area contributed by atoms with E-state index >= 15 is 0 Å².